The van der Waals surface area contributed by atoms with Gasteiger partial charge in [0.2, 0.25) is 0 Å². The number of hydrogen-bond acceptors (Lipinski definition) is 4. The molecule has 0 saturated carbocycles. The summed E-state index contributed by atoms with van der Waals surface area (Å²) in [4.78, 5) is 4.71. The summed E-state index contributed by atoms with van der Waals surface area (Å²) in [7, 11) is 0. The Bertz CT molecular complexity index is 4430. The monoisotopic (exact) mass is 930 g/mol. The van der Waals surface area contributed by atoms with Gasteiger partial charge in [-0.2, -0.15) is 0 Å². The zero-order valence-corrected chi connectivity index (χ0v) is 39.5. The highest BCUT2D eigenvalue weighted by molar-refractivity contribution is 6.29. The van der Waals surface area contributed by atoms with E-state index in [1.54, 1.807) is 0 Å². The van der Waals surface area contributed by atoms with Crippen molar-refractivity contribution >= 4 is 99.5 Å². The van der Waals surface area contributed by atoms with E-state index in [2.05, 4.69) is 265 Å². The van der Waals surface area contributed by atoms with Gasteiger partial charge >= 0.3 is 0 Å². The Hall–Kier alpha value is -9.64. The van der Waals surface area contributed by atoms with Gasteiger partial charge in [-0.1, -0.05) is 164 Å². The van der Waals surface area contributed by atoms with Gasteiger partial charge in [0, 0.05) is 55.5 Å². The van der Waals surface area contributed by atoms with Crippen molar-refractivity contribution in [2.75, 3.05) is 9.80 Å². The van der Waals surface area contributed by atoms with Gasteiger partial charge in [0.05, 0.1) is 11.1 Å². The van der Waals surface area contributed by atoms with Crippen LogP contribution in [0.1, 0.15) is 22.3 Å². The number of para-hydroxylation sites is 6. The molecule has 0 saturated heterocycles. The second-order valence-electron chi connectivity index (χ2n) is 19.5. The smallest absolute Gasteiger partial charge is 0.160 e. The number of fused-ring (bicyclic) bond motifs is 22. The van der Waals surface area contributed by atoms with Crippen molar-refractivity contribution in [3.8, 4) is 22.3 Å². The van der Waals surface area contributed by atoms with E-state index in [1.807, 2.05) is 0 Å². The molecule has 14 aromatic rings. The summed E-state index contributed by atoms with van der Waals surface area (Å²) in [6.45, 7) is 0. The van der Waals surface area contributed by atoms with Gasteiger partial charge in [-0.25, -0.2) is 0 Å². The molecule has 0 amide bonds. The van der Waals surface area contributed by atoms with Crippen LogP contribution in [-0.2, 0) is 5.41 Å². The van der Waals surface area contributed by atoms with E-state index < -0.39 is 5.41 Å². The molecule has 0 atom stereocenters. The van der Waals surface area contributed by atoms with Crippen LogP contribution in [0, 0.1) is 0 Å². The second-order valence-corrected chi connectivity index (χ2v) is 19.5. The molecule has 4 heteroatoms. The first-order valence-electron chi connectivity index (χ1n) is 25.1. The molecule has 4 nitrogen and oxygen atoms in total. The first-order chi connectivity index (χ1) is 36.2. The summed E-state index contributed by atoms with van der Waals surface area (Å²) in [6, 6.07) is 92.5. The van der Waals surface area contributed by atoms with Crippen LogP contribution in [0.15, 0.2) is 264 Å². The van der Waals surface area contributed by atoms with Crippen LogP contribution in [0.25, 0.3) is 87.7 Å². The fourth-order valence-electron chi connectivity index (χ4n) is 12.9. The molecule has 1 spiro atoms. The molecule has 16 rings (SSSR count). The van der Waals surface area contributed by atoms with Gasteiger partial charge in [-0.15, -0.1) is 0 Å². The zero-order valence-electron chi connectivity index (χ0n) is 39.5. The minimum absolute atomic E-state index is 0.705. The highest BCUT2D eigenvalue weighted by atomic mass is 16.3. The maximum absolute atomic E-state index is 7.37. The Morgan fingerprint density at radius 2 is 0.781 bits per heavy atom. The molecule has 2 aliphatic carbocycles. The molecule has 12 aromatic carbocycles. The highest BCUT2D eigenvalue weighted by Gasteiger charge is 2.54. The molecule has 73 heavy (non-hydrogen) atoms. The Balaban J connectivity index is 1.08. The SMILES string of the molecule is c1ccc(N(c2ccccc2)c2ccc3c4c(c5oc6ccccc6c5c3c2)-c2cc3c(cc2C42c4ccccc4-c4ccccc42)cc(N(c2ccccc2)c2ccccc2)c2oc4ccccc4c23)cc1. The quantitative estimate of drug-likeness (QED) is 0.166. The van der Waals surface area contributed by atoms with E-state index >= 15 is 0 Å². The van der Waals surface area contributed by atoms with Crippen molar-refractivity contribution in [1.29, 1.82) is 0 Å². The van der Waals surface area contributed by atoms with Crippen molar-refractivity contribution in [3.63, 3.8) is 0 Å². The number of rotatable bonds is 6. The lowest BCUT2D eigenvalue weighted by Gasteiger charge is -2.32. The molecular formula is C69H42N2O2. The highest BCUT2D eigenvalue weighted by Crippen LogP contribution is 2.67. The van der Waals surface area contributed by atoms with Gasteiger partial charge in [0.25, 0.3) is 0 Å². The fraction of sp³-hybridized carbons (Fsp3) is 0.0145. The average molecular weight is 931 g/mol. The van der Waals surface area contributed by atoms with Gasteiger partial charge in [0.15, 0.2) is 5.58 Å². The predicted molar refractivity (Wildman–Crippen MR) is 302 cm³/mol. The lowest BCUT2D eigenvalue weighted by Crippen LogP contribution is -2.26. The van der Waals surface area contributed by atoms with E-state index in [0.29, 0.717) is 0 Å². The molecule has 0 aliphatic heterocycles. The van der Waals surface area contributed by atoms with Crippen LogP contribution in [0.5, 0.6) is 0 Å². The number of anilines is 6. The van der Waals surface area contributed by atoms with Crippen LogP contribution < -0.4 is 9.80 Å². The van der Waals surface area contributed by atoms with Crippen molar-refractivity contribution in [1.82, 2.24) is 0 Å². The summed E-state index contributed by atoms with van der Waals surface area (Å²) in [5, 5.41) is 8.99. The van der Waals surface area contributed by atoms with E-state index in [4.69, 9.17) is 8.83 Å². The number of hydrogen-bond donors (Lipinski definition) is 0. The Morgan fingerprint density at radius 1 is 0.301 bits per heavy atom. The average Bonchev–Trinajstić information content (AvgIpc) is 4.31. The van der Waals surface area contributed by atoms with E-state index in [1.165, 1.54) is 44.3 Å². The third-order valence-corrected chi connectivity index (χ3v) is 15.8. The first kappa shape index (κ1) is 40.1. The molecule has 0 N–H and O–H groups in total. The van der Waals surface area contributed by atoms with Crippen LogP contribution in [0.2, 0.25) is 0 Å². The third kappa shape index (κ3) is 5.49. The summed E-state index contributed by atoms with van der Waals surface area (Å²) in [5.74, 6) is 0. The predicted octanol–water partition coefficient (Wildman–Crippen LogP) is 19.1. The normalized spacial score (nSPS) is 13.0. The minimum atomic E-state index is -0.705. The zero-order chi connectivity index (χ0) is 47.8. The number of nitrogens with zero attached hydrogens (tertiary/aromatic N) is 2. The number of furan rings is 2. The summed E-state index contributed by atoms with van der Waals surface area (Å²) in [6.07, 6.45) is 0. The van der Waals surface area contributed by atoms with Crippen molar-refractivity contribution in [2.24, 2.45) is 0 Å². The molecule has 2 aromatic heterocycles. The van der Waals surface area contributed by atoms with Crippen LogP contribution in [-0.4, -0.2) is 0 Å². The lowest BCUT2D eigenvalue weighted by atomic mass is 9.69. The third-order valence-electron chi connectivity index (χ3n) is 15.8. The van der Waals surface area contributed by atoms with Crippen molar-refractivity contribution in [3.05, 3.63) is 277 Å². The van der Waals surface area contributed by atoms with Crippen LogP contribution in [0.4, 0.5) is 34.1 Å². The maximum Gasteiger partial charge on any atom is 0.160 e. The first-order valence-corrected chi connectivity index (χ1v) is 25.1. The Kier molecular flexibility index (Phi) is 8.35. The maximum atomic E-state index is 7.37. The van der Waals surface area contributed by atoms with Gasteiger partial charge in [-0.05, 0) is 151 Å². The van der Waals surface area contributed by atoms with E-state index in [0.717, 1.165) is 99.7 Å². The molecule has 0 radical (unpaired) electrons. The van der Waals surface area contributed by atoms with Crippen molar-refractivity contribution in [2.45, 2.75) is 5.41 Å². The van der Waals surface area contributed by atoms with E-state index in [9.17, 15) is 0 Å². The second kappa shape index (κ2) is 15.2. The lowest BCUT2D eigenvalue weighted by molar-refractivity contribution is 0.669. The standard InChI is InChI=1S/C69H42N2O2/c1-5-21-44(22-6-1)70(45-23-7-2-8-24-45)48-37-38-51-55(41-48)64-53-32-16-20-36-62(53)73-68(64)65-56-42-54-43(39-59(56)69(66(51)65)57-33-17-13-29-49(57)50-30-14-18-34-58(50)69)40-60(67-63(54)52-31-15-19-35-61(52)72-67)71(46-25-9-3-10-26-46)47-27-11-4-12-28-47/h1-42H. The van der Waals surface area contributed by atoms with Crippen molar-refractivity contribution < 1.29 is 8.83 Å². The number of benzene rings is 12. The molecule has 2 aliphatic rings. The minimum Gasteiger partial charge on any atom is -0.455 e. The largest absolute Gasteiger partial charge is 0.455 e. The Labute approximate surface area is 420 Å². The molecule has 340 valence electrons. The molecular weight excluding hydrogens is 889 g/mol. The van der Waals surface area contributed by atoms with E-state index in [-0.39, 0.29) is 0 Å². The van der Waals surface area contributed by atoms with Crippen LogP contribution in [0.3, 0.4) is 0 Å². The summed E-state index contributed by atoms with van der Waals surface area (Å²) >= 11 is 0. The van der Waals surface area contributed by atoms with Gasteiger partial charge in [0.1, 0.15) is 16.7 Å². The fourth-order valence-corrected chi connectivity index (χ4v) is 12.9. The topological polar surface area (TPSA) is 32.8 Å². The molecule has 0 unspecified atom stereocenters. The van der Waals surface area contributed by atoms with Gasteiger partial charge < -0.3 is 18.6 Å². The summed E-state index contributed by atoms with van der Waals surface area (Å²) in [5.41, 5.74) is 18.9. The molecule has 0 bridgehead atoms. The summed E-state index contributed by atoms with van der Waals surface area (Å²) < 4.78 is 14.5. The van der Waals surface area contributed by atoms with Crippen LogP contribution >= 0.6 is 0 Å². The van der Waals surface area contributed by atoms with Gasteiger partial charge in [-0.3, -0.25) is 0 Å². The molecule has 2 heterocycles. The molecule has 0 fully saturated rings. The Morgan fingerprint density at radius 3 is 1.36 bits per heavy atom.